The van der Waals surface area contributed by atoms with Crippen molar-refractivity contribution in [3.05, 3.63) is 34.7 Å². The van der Waals surface area contributed by atoms with Crippen LogP contribution in [0.15, 0.2) is 29.8 Å². The monoisotopic (exact) mass is 306 g/mol. The van der Waals surface area contributed by atoms with E-state index in [0.29, 0.717) is 0 Å². The van der Waals surface area contributed by atoms with Crippen LogP contribution in [0.4, 0.5) is 5.82 Å². The fourth-order valence-corrected chi connectivity index (χ4v) is 3.15. The Morgan fingerprint density at radius 1 is 1.30 bits per heavy atom. The maximum absolute atomic E-state index is 12.1. The van der Waals surface area contributed by atoms with Crippen LogP contribution in [0.2, 0.25) is 0 Å². The zero-order valence-electron chi connectivity index (χ0n) is 10.8. The lowest BCUT2D eigenvalue weighted by Gasteiger charge is -2.34. The van der Waals surface area contributed by atoms with Crippen LogP contribution in [0.1, 0.15) is 4.88 Å². The molecule has 0 N–H and O–H groups in total. The Labute approximate surface area is 125 Å². The van der Waals surface area contributed by atoms with Crippen LogP contribution >= 0.6 is 23.1 Å². The number of piperazine rings is 1. The normalized spacial score (nSPS) is 16.0. The van der Waals surface area contributed by atoms with Gasteiger partial charge in [-0.15, -0.1) is 11.3 Å². The second-order valence-corrected chi connectivity index (χ2v) is 5.96. The average molecular weight is 306 g/mol. The molecule has 0 unspecified atom stereocenters. The van der Waals surface area contributed by atoms with E-state index in [9.17, 15) is 4.79 Å². The van der Waals surface area contributed by atoms with Gasteiger partial charge in [-0.05, 0) is 17.5 Å². The van der Waals surface area contributed by atoms with E-state index in [0.717, 1.165) is 36.9 Å². The minimum atomic E-state index is 0.0782. The van der Waals surface area contributed by atoms with Crippen molar-refractivity contribution in [3.8, 4) is 0 Å². The van der Waals surface area contributed by atoms with Crippen LogP contribution in [0, 0.1) is 0 Å². The highest BCUT2D eigenvalue weighted by Crippen LogP contribution is 2.14. The lowest BCUT2D eigenvalue weighted by Crippen LogP contribution is -2.48. The molecule has 0 atom stereocenters. The van der Waals surface area contributed by atoms with Crippen LogP contribution in [0.5, 0.6) is 0 Å². The number of hydrogen-bond donors (Lipinski definition) is 0. The van der Waals surface area contributed by atoms with Gasteiger partial charge in [-0.3, -0.25) is 4.79 Å². The molecule has 0 saturated carbocycles. The summed E-state index contributed by atoms with van der Waals surface area (Å²) in [6.45, 7) is 3.07. The maximum atomic E-state index is 12.1. The topological polar surface area (TPSA) is 49.3 Å². The number of amides is 1. The van der Waals surface area contributed by atoms with E-state index in [1.807, 2.05) is 28.5 Å². The Hall–Kier alpha value is -1.73. The quantitative estimate of drug-likeness (QED) is 0.814. The smallest absolute Gasteiger partial charge is 0.246 e. The largest absolute Gasteiger partial charge is 0.351 e. The summed E-state index contributed by atoms with van der Waals surface area (Å²) >= 11 is 2.85. The van der Waals surface area contributed by atoms with Gasteiger partial charge in [0.2, 0.25) is 5.91 Å². The van der Waals surface area contributed by atoms with Gasteiger partial charge in [0.1, 0.15) is 0 Å². The molecular weight excluding hydrogens is 292 g/mol. The summed E-state index contributed by atoms with van der Waals surface area (Å²) in [4.78, 5) is 17.2. The first-order chi connectivity index (χ1) is 9.83. The van der Waals surface area contributed by atoms with Crippen LogP contribution in [-0.2, 0) is 4.79 Å². The van der Waals surface area contributed by atoms with E-state index in [4.69, 9.17) is 0 Å². The van der Waals surface area contributed by atoms with Gasteiger partial charge in [-0.1, -0.05) is 6.07 Å². The molecule has 0 aliphatic carbocycles. The third-order valence-electron chi connectivity index (χ3n) is 3.20. The second kappa shape index (κ2) is 6.15. The standard InChI is InChI=1S/C13H14N4OS2/c18-13(4-3-11-2-1-9-19-11)17-7-5-16(6-8-17)12-10-14-20-15-12/h1-4,9-10H,5-8H2/b4-3+. The third kappa shape index (κ3) is 3.05. The summed E-state index contributed by atoms with van der Waals surface area (Å²) in [5.74, 6) is 0.991. The summed E-state index contributed by atoms with van der Waals surface area (Å²) in [6, 6.07) is 3.98. The van der Waals surface area contributed by atoms with Gasteiger partial charge >= 0.3 is 0 Å². The Balaban J connectivity index is 1.54. The van der Waals surface area contributed by atoms with Gasteiger partial charge in [-0.2, -0.15) is 8.75 Å². The highest BCUT2D eigenvalue weighted by molar-refractivity contribution is 7.10. The Kier molecular flexibility index (Phi) is 4.08. The van der Waals surface area contributed by atoms with Crippen molar-refractivity contribution in [2.45, 2.75) is 0 Å². The summed E-state index contributed by atoms with van der Waals surface area (Å²) in [5, 5.41) is 2.00. The second-order valence-electron chi connectivity index (χ2n) is 4.43. The van der Waals surface area contributed by atoms with E-state index < -0.39 is 0 Å². The fourth-order valence-electron chi connectivity index (χ4n) is 2.10. The Bertz CT molecular complexity index is 572. The zero-order chi connectivity index (χ0) is 13.8. The molecule has 1 saturated heterocycles. The lowest BCUT2D eigenvalue weighted by atomic mass is 10.3. The fraction of sp³-hybridized carbons (Fsp3) is 0.308. The Morgan fingerprint density at radius 2 is 2.15 bits per heavy atom. The van der Waals surface area contributed by atoms with E-state index in [1.54, 1.807) is 23.6 Å². The van der Waals surface area contributed by atoms with E-state index in [1.165, 1.54) is 11.7 Å². The summed E-state index contributed by atoms with van der Waals surface area (Å²) in [7, 11) is 0. The molecule has 3 heterocycles. The third-order valence-corrected chi connectivity index (χ3v) is 4.50. The molecule has 0 radical (unpaired) electrons. The molecule has 104 valence electrons. The number of thiophene rings is 1. The van der Waals surface area contributed by atoms with E-state index >= 15 is 0 Å². The molecule has 1 amide bonds. The lowest BCUT2D eigenvalue weighted by molar-refractivity contribution is -0.126. The Morgan fingerprint density at radius 3 is 2.80 bits per heavy atom. The van der Waals surface area contributed by atoms with Crippen LogP contribution in [-0.4, -0.2) is 45.7 Å². The average Bonchev–Trinajstić information content (AvgIpc) is 3.18. The number of hydrogen-bond acceptors (Lipinski definition) is 6. The minimum Gasteiger partial charge on any atom is -0.351 e. The first kappa shape index (κ1) is 13.3. The van der Waals surface area contributed by atoms with Gasteiger partial charge in [-0.25, -0.2) is 0 Å². The summed E-state index contributed by atoms with van der Waals surface area (Å²) in [5.41, 5.74) is 0. The van der Waals surface area contributed by atoms with Gasteiger partial charge in [0, 0.05) is 37.1 Å². The molecule has 2 aromatic heterocycles. The van der Waals surface area contributed by atoms with Gasteiger partial charge in [0.05, 0.1) is 17.9 Å². The summed E-state index contributed by atoms with van der Waals surface area (Å²) < 4.78 is 8.23. The van der Waals surface area contributed by atoms with Crippen molar-refractivity contribution >= 4 is 40.9 Å². The van der Waals surface area contributed by atoms with Crippen LogP contribution in [0.3, 0.4) is 0 Å². The van der Waals surface area contributed by atoms with Gasteiger partial charge in [0.25, 0.3) is 0 Å². The van der Waals surface area contributed by atoms with Gasteiger partial charge in [0.15, 0.2) is 5.82 Å². The van der Waals surface area contributed by atoms with Crippen molar-refractivity contribution < 1.29 is 4.79 Å². The van der Waals surface area contributed by atoms with E-state index in [2.05, 4.69) is 13.6 Å². The first-order valence-electron chi connectivity index (χ1n) is 6.36. The molecule has 0 bridgehead atoms. The molecule has 1 fully saturated rings. The van der Waals surface area contributed by atoms with Gasteiger partial charge < -0.3 is 9.80 Å². The van der Waals surface area contributed by atoms with Crippen molar-refractivity contribution in [1.29, 1.82) is 0 Å². The van der Waals surface area contributed by atoms with Crippen molar-refractivity contribution in [3.63, 3.8) is 0 Å². The highest BCUT2D eigenvalue weighted by Gasteiger charge is 2.20. The number of rotatable bonds is 3. The number of aromatic nitrogens is 2. The molecule has 7 heteroatoms. The van der Waals surface area contributed by atoms with Crippen LogP contribution < -0.4 is 4.90 Å². The van der Waals surface area contributed by atoms with Crippen LogP contribution in [0.25, 0.3) is 6.08 Å². The summed E-state index contributed by atoms with van der Waals surface area (Å²) in [6.07, 6.45) is 5.31. The molecule has 0 aromatic carbocycles. The maximum Gasteiger partial charge on any atom is 0.246 e. The highest BCUT2D eigenvalue weighted by atomic mass is 32.1. The van der Waals surface area contributed by atoms with Crippen molar-refractivity contribution in [2.24, 2.45) is 0 Å². The first-order valence-corrected chi connectivity index (χ1v) is 7.97. The van der Waals surface area contributed by atoms with Crippen molar-refractivity contribution in [2.75, 3.05) is 31.1 Å². The molecule has 2 aromatic rings. The number of anilines is 1. The number of carbonyl (C=O) groups excluding carboxylic acids is 1. The zero-order valence-corrected chi connectivity index (χ0v) is 12.4. The predicted molar refractivity (Wildman–Crippen MR) is 82.1 cm³/mol. The minimum absolute atomic E-state index is 0.0782. The van der Waals surface area contributed by atoms with E-state index in [-0.39, 0.29) is 5.91 Å². The molecular formula is C13H14N4OS2. The molecule has 20 heavy (non-hydrogen) atoms. The molecule has 1 aliphatic heterocycles. The number of carbonyl (C=O) groups is 1. The predicted octanol–water partition coefficient (Wildman–Crippen LogP) is 1.96. The molecule has 5 nitrogen and oxygen atoms in total. The van der Waals surface area contributed by atoms with Crippen molar-refractivity contribution in [1.82, 2.24) is 13.6 Å². The molecule has 0 spiro atoms. The SMILES string of the molecule is O=C(/C=C/c1cccs1)N1CCN(c2cnsn2)CC1. The molecule has 3 rings (SSSR count). The molecule has 1 aliphatic rings. The number of nitrogens with zero attached hydrogens (tertiary/aromatic N) is 4.